The molecule has 0 heterocycles. The second kappa shape index (κ2) is 4.67. The van der Waals surface area contributed by atoms with Crippen LogP contribution in [-0.4, -0.2) is 5.38 Å². The van der Waals surface area contributed by atoms with Crippen molar-refractivity contribution in [2.45, 2.75) is 25.1 Å². The van der Waals surface area contributed by atoms with Gasteiger partial charge in [0, 0.05) is 0 Å². The van der Waals surface area contributed by atoms with Crippen LogP contribution in [0.5, 0.6) is 0 Å². The Labute approximate surface area is 96.3 Å². The van der Waals surface area contributed by atoms with E-state index in [1.807, 2.05) is 12.2 Å². The zero-order valence-electron chi connectivity index (χ0n) is 8.91. The molecular weight excluding hydrogens is 204 g/mol. The average molecular weight is 219 g/mol. The van der Waals surface area contributed by atoms with E-state index >= 15 is 0 Å². The summed E-state index contributed by atoms with van der Waals surface area (Å²) < 4.78 is 0. The molecule has 1 aliphatic rings. The summed E-state index contributed by atoms with van der Waals surface area (Å²) in [4.78, 5) is 0. The minimum Gasteiger partial charge on any atom is -0.118 e. The monoisotopic (exact) mass is 218 g/mol. The molecule has 1 aromatic carbocycles. The molecule has 1 atom stereocenters. The van der Waals surface area contributed by atoms with Gasteiger partial charge in [-0.1, -0.05) is 49.4 Å². The highest BCUT2D eigenvalue weighted by atomic mass is 35.5. The molecule has 0 N–H and O–H groups in total. The molecule has 2 rings (SSSR count). The molecule has 1 aromatic rings. The summed E-state index contributed by atoms with van der Waals surface area (Å²) in [6.45, 7) is 2.17. The van der Waals surface area contributed by atoms with Gasteiger partial charge in [0.15, 0.2) is 0 Å². The molecule has 0 aliphatic heterocycles. The first-order valence-electron chi connectivity index (χ1n) is 5.40. The Morgan fingerprint density at radius 3 is 2.60 bits per heavy atom. The summed E-state index contributed by atoms with van der Waals surface area (Å²) in [5.74, 6) is 0. The van der Waals surface area contributed by atoms with Gasteiger partial charge in [0.05, 0.1) is 5.38 Å². The highest BCUT2D eigenvalue weighted by Gasteiger charge is 2.09. The molecular formula is C14H15Cl. The standard InChI is InChI=1S/C14H15Cl/c1-2-11-6-8-12(9-7-11)13-4-3-5-14(15)10-13/h3-9,14H,2,10H2,1H3. The van der Waals surface area contributed by atoms with E-state index in [0.717, 1.165) is 12.8 Å². The van der Waals surface area contributed by atoms with Crippen LogP contribution in [0.1, 0.15) is 24.5 Å². The van der Waals surface area contributed by atoms with Crippen molar-refractivity contribution in [1.29, 1.82) is 0 Å². The van der Waals surface area contributed by atoms with Crippen LogP contribution in [0, 0.1) is 0 Å². The molecule has 1 aliphatic carbocycles. The van der Waals surface area contributed by atoms with Crippen molar-refractivity contribution in [1.82, 2.24) is 0 Å². The molecule has 1 heteroatoms. The van der Waals surface area contributed by atoms with Crippen LogP contribution in [0.15, 0.2) is 42.5 Å². The fourth-order valence-electron chi connectivity index (χ4n) is 1.81. The Balaban J connectivity index is 2.22. The lowest BCUT2D eigenvalue weighted by Crippen LogP contribution is -1.99. The maximum Gasteiger partial charge on any atom is 0.0559 e. The smallest absolute Gasteiger partial charge is 0.0559 e. The van der Waals surface area contributed by atoms with Crippen LogP contribution in [-0.2, 0) is 6.42 Å². The van der Waals surface area contributed by atoms with Crippen LogP contribution in [0.2, 0.25) is 0 Å². The topological polar surface area (TPSA) is 0 Å². The zero-order chi connectivity index (χ0) is 10.7. The van der Waals surface area contributed by atoms with Gasteiger partial charge in [-0.15, -0.1) is 11.6 Å². The van der Waals surface area contributed by atoms with Gasteiger partial charge in [0.25, 0.3) is 0 Å². The molecule has 78 valence electrons. The molecule has 0 bridgehead atoms. The first kappa shape index (κ1) is 10.5. The lowest BCUT2D eigenvalue weighted by atomic mass is 9.96. The maximum atomic E-state index is 6.09. The van der Waals surface area contributed by atoms with Crippen LogP contribution in [0.3, 0.4) is 0 Å². The SMILES string of the molecule is CCc1ccc(C2=CC=CC(Cl)C2)cc1. The van der Waals surface area contributed by atoms with E-state index in [4.69, 9.17) is 11.6 Å². The first-order chi connectivity index (χ1) is 7.29. The van der Waals surface area contributed by atoms with E-state index in [1.54, 1.807) is 0 Å². The Bertz CT molecular complexity index is 384. The van der Waals surface area contributed by atoms with Crippen molar-refractivity contribution in [3.63, 3.8) is 0 Å². The molecule has 1 unspecified atom stereocenters. The lowest BCUT2D eigenvalue weighted by Gasteiger charge is -2.13. The average Bonchev–Trinajstić information content (AvgIpc) is 2.29. The molecule has 0 radical (unpaired) electrons. The second-order valence-electron chi connectivity index (χ2n) is 3.85. The van der Waals surface area contributed by atoms with Gasteiger partial charge in [-0.2, -0.15) is 0 Å². The Morgan fingerprint density at radius 2 is 2.00 bits per heavy atom. The largest absolute Gasteiger partial charge is 0.118 e. The molecule has 0 nitrogen and oxygen atoms in total. The normalized spacial score (nSPS) is 20.1. The molecule has 0 aromatic heterocycles. The Morgan fingerprint density at radius 1 is 1.27 bits per heavy atom. The van der Waals surface area contributed by atoms with Gasteiger partial charge in [-0.05, 0) is 29.5 Å². The maximum absolute atomic E-state index is 6.09. The predicted molar refractivity (Wildman–Crippen MR) is 67.2 cm³/mol. The molecule has 0 amide bonds. The fourth-order valence-corrected chi connectivity index (χ4v) is 2.06. The van der Waals surface area contributed by atoms with Crippen molar-refractivity contribution in [2.24, 2.45) is 0 Å². The third kappa shape index (κ3) is 2.51. The van der Waals surface area contributed by atoms with E-state index in [0.29, 0.717) is 0 Å². The number of rotatable bonds is 2. The van der Waals surface area contributed by atoms with E-state index < -0.39 is 0 Å². The van der Waals surface area contributed by atoms with Crippen molar-refractivity contribution < 1.29 is 0 Å². The van der Waals surface area contributed by atoms with Crippen molar-refractivity contribution in [2.75, 3.05) is 0 Å². The summed E-state index contributed by atoms with van der Waals surface area (Å²) >= 11 is 6.09. The number of allylic oxidation sites excluding steroid dienone is 4. The quantitative estimate of drug-likeness (QED) is 0.653. The third-order valence-electron chi connectivity index (χ3n) is 2.77. The Hall–Kier alpha value is -1.01. The minimum absolute atomic E-state index is 0.149. The fraction of sp³-hybridized carbons (Fsp3) is 0.286. The number of aryl methyl sites for hydroxylation is 1. The summed E-state index contributed by atoms with van der Waals surface area (Å²) in [5.41, 5.74) is 4.01. The number of hydrogen-bond acceptors (Lipinski definition) is 0. The summed E-state index contributed by atoms with van der Waals surface area (Å²) in [7, 11) is 0. The number of benzene rings is 1. The molecule has 0 spiro atoms. The first-order valence-corrected chi connectivity index (χ1v) is 5.84. The molecule has 0 fully saturated rings. The molecule has 0 saturated carbocycles. The number of alkyl halides is 1. The van der Waals surface area contributed by atoms with E-state index in [2.05, 4.69) is 37.3 Å². The number of halogens is 1. The Kier molecular flexibility index (Phi) is 3.27. The molecule has 15 heavy (non-hydrogen) atoms. The van der Waals surface area contributed by atoms with Gasteiger partial charge in [-0.3, -0.25) is 0 Å². The van der Waals surface area contributed by atoms with Gasteiger partial charge in [0.2, 0.25) is 0 Å². The van der Waals surface area contributed by atoms with Gasteiger partial charge < -0.3 is 0 Å². The highest BCUT2D eigenvalue weighted by Crippen LogP contribution is 2.26. The van der Waals surface area contributed by atoms with Gasteiger partial charge >= 0.3 is 0 Å². The minimum atomic E-state index is 0.149. The third-order valence-corrected chi connectivity index (χ3v) is 3.07. The van der Waals surface area contributed by atoms with E-state index in [9.17, 15) is 0 Å². The summed E-state index contributed by atoms with van der Waals surface area (Å²) in [5, 5.41) is 0.149. The van der Waals surface area contributed by atoms with Crippen molar-refractivity contribution in [3.05, 3.63) is 53.6 Å². The van der Waals surface area contributed by atoms with Crippen LogP contribution in [0.25, 0.3) is 5.57 Å². The molecule has 0 saturated heterocycles. The van der Waals surface area contributed by atoms with Crippen LogP contribution >= 0.6 is 11.6 Å². The van der Waals surface area contributed by atoms with Gasteiger partial charge in [-0.25, -0.2) is 0 Å². The van der Waals surface area contributed by atoms with Crippen molar-refractivity contribution >= 4 is 17.2 Å². The van der Waals surface area contributed by atoms with Crippen molar-refractivity contribution in [3.8, 4) is 0 Å². The van der Waals surface area contributed by atoms with E-state index in [1.165, 1.54) is 16.7 Å². The number of hydrogen-bond donors (Lipinski definition) is 0. The van der Waals surface area contributed by atoms with E-state index in [-0.39, 0.29) is 5.38 Å². The van der Waals surface area contributed by atoms with Crippen LogP contribution in [0.4, 0.5) is 0 Å². The predicted octanol–water partition coefficient (Wildman–Crippen LogP) is 4.20. The second-order valence-corrected chi connectivity index (χ2v) is 4.41. The highest BCUT2D eigenvalue weighted by molar-refractivity contribution is 6.22. The summed E-state index contributed by atoms with van der Waals surface area (Å²) in [6.07, 6.45) is 8.26. The lowest BCUT2D eigenvalue weighted by molar-refractivity contribution is 1.06. The zero-order valence-corrected chi connectivity index (χ0v) is 9.67. The summed E-state index contributed by atoms with van der Waals surface area (Å²) in [6, 6.07) is 8.76. The van der Waals surface area contributed by atoms with Crippen LogP contribution < -0.4 is 0 Å². The van der Waals surface area contributed by atoms with Gasteiger partial charge in [0.1, 0.15) is 0 Å².